The van der Waals surface area contributed by atoms with E-state index in [0.717, 1.165) is 25.6 Å². The summed E-state index contributed by atoms with van der Waals surface area (Å²) in [5.41, 5.74) is 1.17. The van der Waals surface area contributed by atoms with Gasteiger partial charge in [-0.05, 0) is 43.2 Å². The predicted octanol–water partition coefficient (Wildman–Crippen LogP) is 3.77. The molecule has 0 aliphatic rings. The maximum atomic E-state index is 12.1. The van der Waals surface area contributed by atoms with E-state index in [1.165, 1.54) is 16.3 Å². The molecule has 0 atom stereocenters. The van der Waals surface area contributed by atoms with Crippen molar-refractivity contribution in [3.8, 4) is 0 Å². The van der Waals surface area contributed by atoms with Gasteiger partial charge >= 0.3 is 0 Å². The van der Waals surface area contributed by atoms with E-state index in [4.69, 9.17) is 0 Å². The average molecular weight is 482 g/mol. The monoisotopic (exact) mass is 482 g/mol. The minimum absolute atomic E-state index is 0. The Morgan fingerprint density at radius 3 is 2.37 bits per heavy atom. The number of halogens is 1. The van der Waals surface area contributed by atoms with Gasteiger partial charge < -0.3 is 15.5 Å². The molecule has 0 bridgehead atoms. The fourth-order valence-corrected chi connectivity index (χ4v) is 2.87. The van der Waals surface area contributed by atoms with E-state index in [9.17, 15) is 4.79 Å². The zero-order valence-electron chi connectivity index (χ0n) is 16.5. The van der Waals surface area contributed by atoms with Gasteiger partial charge in [0.1, 0.15) is 0 Å². The molecule has 2 aromatic carbocycles. The fraction of sp³-hybridized carbons (Fsp3) is 0.429. The van der Waals surface area contributed by atoms with Crippen LogP contribution in [0.15, 0.2) is 47.5 Å². The summed E-state index contributed by atoms with van der Waals surface area (Å²) < 4.78 is 0. The Kier molecular flexibility index (Phi) is 10.8. The summed E-state index contributed by atoms with van der Waals surface area (Å²) in [4.78, 5) is 18.6. The number of amides is 1. The number of rotatable bonds is 8. The zero-order valence-corrected chi connectivity index (χ0v) is 18.8. The lowest BCUT2D eigenvalue weighted by atomic mass is 10.1. The number of nitrogens with zero attached hydrogens (tertiary/aromatic N) is 2. The molecule has 2 aromatic rings. The largest absolute Gasteiger partial charge is 0.357 e. The molecule has 0 aliphatic heterocycles. The van der Waals surface area contributed by atoms with Crippen molar-refractivity contribution in [2.24, 2.45) is 4.99 Å². The number of carbonyl (C=O) groups is 1. The van der Waals surface area contributed by atoms with Crippen molar-refractivity contribution in [3.63, 3.8) is 0 Å². The van der Waals surface area contributed by atoms with Gasteiger partial charge in [0.25, 0.3) is 0 Å². The van der Waals surface area contributed by atoms with Gasteiger partial charge in [-0.2, -0.15) is 0 Å². The first-order valence-corrected chi connectivity index (χ1v) is 9.45. The topological polar surface area (TPSA) is 56.7 Å². The summed E-state index contributed by atoms with van der Waals surface area (Å²) in [7, 11) is 0. The number of nitrogens with one attached hydrogen (secondary N) is 2. The Hall–Kier alpha value is -1.83. The van der Waals surface area contributed by atoms with Gasteiger partial charge in [-0.3, -0.25) is 4.79 Å². The Balaban J connectivity index is 0.00000364. The Bertz CT molecular complexity index is 744. The first kappa shape index (κ1) is 23.2. The van der Waals surface area contributed by atoms with Gasteiger partial charge in [-0.15, -0.1) is 24.0 Å². The number of fused-ring (bicyclic) bond motifs is 1. The molecule has 0 spiro atoms. The summed E-state index contributed by atoms with van der Waals surface area (Å²) in [6, 6.07) is 14.7. The van der Waals surface area contributed by atoms with Gasteiger partial charge in [0.2, 0.25) is 5.91 Å². The number of hydrogen-bond acceptors (Lipinski definition) is 2. The van der Waals surface area contributed by atoms with Crippen LogP contribution in [0.4, 0.5) is 0 Å². The standard InChI is InChI=1S/C21H30N4O.HI/c1-4-22-21(23-14-13-20(26)25(5-2)6-3)24-16-17-11-12-18-9-7-8-10-19(18)15-17;/h7-12,15H,4-6,13-14,16H2,1-3H3,(H2,22,23,24);1H. The van der Waals surface area contributed by atoms with Crippen molar-refractivity contribution in [2.75, 3.05) is 26.2 Å². The molecule has 0 unspecified atom stereocenters. The number of benzene rings is 2. The minimum Gasteiger partial charge on any atom is -0.357 e. The molecule has 5 nitrogen and oxygen atoms in total. The predicted molar refractivity (Wildman–Crippen MR) is 125 cm³/mol. The van der Waals surface area contributed by atoms with Gasteiger partial charge in [-0.25, -0.2) is 4.99 Å². The molecule has 0 aromatic heterocycles. The van der Waals surface area contributed by atoms with Crippen molar-refractivity contribution in [2.45, 2.75) is 33.7 Å². The third-order valence-corrected chi connectivity index (χ3v) is 4.33. The van der Waals surface area contributed by atoms with Crippen molar-refractivity contribution < 1.29 is 4.79 Å². The Morgan fingerprint density at radius 2 is 1.70 bits per heavy atom. The Morgan fingerprint density at radius 1 is 1.00 bits per heavy atom. The number of aliphatic imine (C=N–C) groups is 1. The van der Waals surface area contributed by atoms with E-state index in [1.54, 1.807) is 0 Å². The summed E-state index contributed by atoms with van der Waals surface area (Å²) in [6.07, 6.45) is 0.474. The molecular weight excluding hydrogens is 451 g/mol. The summed E-state index contributed by atoms with van der Waals surface area (Å²) in [5.74, 6) is 0.917. The van der Waals surface area contributed by atoms with Crippen LogP contribution < -0.4 is 10.6 Å². The number of hydrogen-bond donors (Lipinski definition) is 2. The molecule has 2 rings (SSSR count). The molecule has 0 heterocycles. The lowest BCUT2D eigenvalue weighted by Gasteiger charge is -2.19. The molecule has 0 aliphatic carbocycles. The van der Waals surface area contributed by atoms with Gasteiger partial charge in [-0.1, -0.05) is 36.4 Å². The van der Waals surface area contributed by atoms with E-state index < -0.39 is 0 Å². The molecule has 27 heavy (non-hydrogen) atoms. The second-order valence-corrected chi connectivity index (χ2v) is 6.12. The van der Waals surface area contributed by atoms with Crippen molar-refractivity contribution >= 4 is 46.6 Å². The summed E-state index contributed by atoms with van der Waals surface area (Å²) >= 11 is 0. The third kappa shape index (κ3) is 7.36. The number of carbonyl (C=O) groups excluding carboxylic acids is 1. The van der Waals surface area contributed by atoms with E-state index in [2.05, 4.69) is 46.0 Å². The van der Waals surface area contributed by atoms with E-state index in [1.807, 2.05) is 37.8 Å². The Labute approximate surface area is 179 Å². The van der Waals surface area contributed by atoms with Crippen LogP contribution in [-0.4, -0.2) is 42.9 Å². The molecule has 0 radical (unpaired) electrons. The molecule has 148 valence electrons. The quantitative estimate of drug-likeness (QED) is 0.342. The average Bonchev–Trinajstić information content (AvgIpc) is 2.67. The lowest BCUT2D eigenvalue weighted by molar-refractivity contribution is -0.130. The van der Waals surface area contributed by atoms with Crippen molar-refractivity contribution in [3.05, 3.63) is 48.0 Å². The van der Waals surface area contributed by atoms with Crippen LogP contribution in [0.2, 0.25) is 0 Å². The first-order chi connectivity index (χ1) is 12.7. The zero-order chi connectivity index (χ0) is 18.8. The maximum Gasteiger partial charge on any atom is 0.224 e. The van der Waals surface area contributed by atoms with Crippen LogP contribution in [0.25, 0.3) is 10.8 Å². The van der Waals surface area contributed by atoms with Crippen LogP contribution in [0.3, 0.4) is 0 Å². The molecule has 1 amide bonds. The molecule has 2 N–H and O–H groups in total. The van der Waals surface area contributed by atoms with E-state index in [0.29, 0.717) is 19.5 Å². The van der Waals surface area contributed by atoms with Gasteiger partial charge in [0, 0.05) is 32.6 Å². The normalized spacial score (nSPS) is 11.0. The van der Waals surface area contributed by atoms with Crippen LogP contribution >= 0.6 is 24.0 Å². The minimum atomic E-state index is 0. The molecule has 0 saturated carbocycles. The maximum absolute atomic E-state index is 12.1. The van der Waals surface area contributed by atoms with Gasteiger partial charge in [0.05, 0.1) is 6.54 Å². The van der Waals surface area contributed by atoms with Crippen LogP contribution in [0.5, 0.6) is 0 Å². The third-order valence-electron chi connectivity index (χ3n) is 4.33. The SMILES string of the molecule is CCNC(=NCc1ccc2ccccc2c1)NCCC(=O)N(CC)CC.I. The molecular formula is C21H31IN4O. The van der Waals surface area contributed by atoms with Crippen molar-refractivity contribution in [1.82, 2.24) is 15.5 Å². The highest BCUT2D eigenvalue weighted by atomic mass is 127. The highest BCUT2D eigenvalue weighted by Crippen LogP contribution is 2.16. The second-order valence-electron chi connectivity index (χ2n) is 6.12. The first-order valence-electron chi connectivity index (χ1n) is 9.45. The van der Waals surface area contributed by atoms with E-state index >= 15 is 0 Å². The summed E-state index contributed by atoms with van der Waals surface area (Å²) in [5, 5.41) is 8.95. The van der Waals surface area contributed by atoms with Crippen molar-refractivity contribution in [1.29, 1.82) is 0 Å². The fourth-order valence-electron chi connectivity index (χ4n) is 2.87. The smallest absolute Gasteiger partial charge is 0.224 e. The molecule has 0 saturated heterocycles. The lowest BCUT2D eigenvalue weighted by Crippen LogP contribution is -2.40. The molecule has 0 fully saturated rings. The highest BCUT2D eigenvalue weighted by molar-refractivity contribution is 14.0. The van der Waals surface area contributed by atoms with Crippen LogP contribution in [0.1, 0.15) is 32.8 Å². The molecule has 6 heteroatoms. The summed E-state index contributed by atoms with van der Waals surface area (Å²) in [6.45, 7) is 9.52. The number of guanidine groups is 1. The second kappa shape index (κ2) is 12.5. The van der Waals surface area contributed by atoms with E-state index in [-0.39, 0.29) is 29.9 Å². The van der Waals surface area contributed by atoms with Gasteiger partial charge in [0.15, 0.2) is 5.96 Å². The highest BCUT2D eigenvalue weighted by Gasteiger charge is 2.09. The van der Waals surface area contributed by atoms with Crippen LogP contribution in [0, 0.1) is 0 Å². The van der Waals surface area contributed by atoms with Crippen LogP contribution in [-0.2, 0) is 11.3 Å².